The molecular formula is C21H17ClN5O7S+. The largest absolute Gasteiger partial charge is 0.495 e. The second-order valence-electron chi connectivity index (χ2n) is 7.14. The summed E-state index contributed by atoms with van der Waals surface area (Å²) < 4.78 is 36.2. The molecule has 0 atom stereocenters. The number of methoxy groups -OCH3 is 1. The van der Waals surface area contributed by atoms with Crippen molar-refractivity contribution in [2.24, 2.45) is 0 Å². The SMILES string of the molecule is COc1cc(S(C)(=O)=O)ccc1N(C(=O)Oc1ccc([N+](=O)O)cc1)c1nc2ccc(Cl)cn2n1. The fourth-order valence-corrected chi connectivity index (χ4v) is 3.88. The first kappa shape index (κ1) is 23.9. The summed E-state index contributed by atoms with van der Waals surface area (Å²) in [5, 5.41) is 13.7. The first-order chi connectivity index (χ1) is 16.6. The van der Waals surface area contributed by atoms with Crippen LogP contribution in [0.25, 0.3) is 5.65 Å². The van der Waals surface area contributed by atoms with Crippen LogP contribution in [0.3, 0.4) is 0 Å². The number of carbonyl (C=O) groups excluding carboxylic acids is 1. The van der Waals surface area contributed by atoms with Gasteiger partial charge in [-0.15, -0.1) is 5.10 Å². The molecule has 35 heavy (non-hydrogen) atoms. The van der Waals surface area contributed by atoms with Gasteiger partial charge in [-0.3, -0.25) is 0 Å². The van der Waals surface area contributed by atoms with E-state index in [-0.39, 0.29) is 38.6 Å². The number of nitrogens with zero attached hydrogens (tertiary/aromatic N) is 5. The highest BCUT2D eigenvalue weighted by Gasteiger charge is 2.29. The number of benzene rings is 2. The predicted octanol–water partition coefficient (Wildman–Crippen LogP) is 3.93. The van der Waals surface area contributed by atoms with E-state index < -0.39 is 15.9 Å². The van der Waals surface area contributed by atoms with Gasteiger partial charge in [0.05, 0.1) is 27.6 Å². The summed E-state index contributed by atoms with van der Waals surface area (Å²) in [5.41, 5.74) is 0.403. The lowest BCUT2D eigenvalue weighted by Gasteiger charge is -2.21. The van der Waals surface area contributed by atoms with Crippen LogP contribution < -0.4 is 14.4 Å². The van der Waals surface area contributed by atoms with Crippen molar-refractivity contribution < 1.29 is 32.8 Å². The van der Waals surface area contributed by atoms with Gasteiger partial charge in [0.1, 0.15) is 11.5 Å². The Morgan fingerprint density at radius 2 is 1.86 bits per heavy atom. The average Bonchev–Trinajstić information content (AvgIpc) is 3.21. The molecule has 180 valence electrons. The number of amides is 1. The van der Waals surface area contributed by atoms with E-state index in [4.69, 9.17) is 26.3 Å². The Balaban J connectivity index is 1.81. The third-order valence-corrected chi connectivity index (χ3v) is 6.08. The van der Waals surface area contributed by atoms with E-state index in [0.717, 1.165) is 11.2 Å². The van der Waals surface area contributed by atoms with Crippen LogP contribution in [0.1, 0.15) is 0 Å². The van der Waals surface area contributed by atoms with Crippen LogP contribution >= 0.6 is 11.6 Å². The highest BCUT2D eigenvalue weighted by atomic mass is 35.5. The second-order valence-corrected chi connectivity index (χ2v) is 9.59. The van der Waals surface area contributed by atoms with Gasteiger partial charge in [0.2, 0.25) is 0 Å². The van der Waals surface area contributed by atoms with E-state index in [0.29, 0.717) is 10.7 Å². The van der Waals surface area contributed by atoms with Crippen molar-refractivity contribution in [1.29, 1.82) is 0 Å². The van der Waals surface area contributed by atoms with Gasteiger partial charge >= 0.3 is 11.8 Å². The average molecular weight is 519 g/mol. The zero-order valence-corrected chi connectivity index (χ0v) is 19.8. The van der Waals surface area contributed by atoms with E-state index in [2.05, 4.69) is 10.1 Å². The minimum absolute atomic E-state index is 0.0251. The standard InChI is InChI=1S/C21H17ClN5O7S/c1-33-18-11-16(35(2,31)32)8-9-17(18)26(20-23-19-10-3-13(22)12-25(19)24-20)21(28)34-15-6-4-14(5-7-15)27(29)30/h3-12H,1-2H3,(H,29,30)/q+1. The topological polar surface area (TPSA) is 143 Å². The molecule has 0 bridgehead atoms. The van der Waals surface area contributed by atoms with Gasteiger partial charge in [0, 0.05) is 30.7 Å². The number of hydrogen-bond acceptors (Lipinski definition) is 8. The lowest BCUT2D eigenvalue weighted by molar-refractivity contribution is -0.729. The van der Waals surface area contributed by atoms with Crippen LogP contribution in [0.5, 0.6) is 11.5 Å². The smallest absolute Gasteiger partial charge is 0.427 e. The molecule has 2 heterocycles. The number of pyridine rings is 1. The molecular weight excluding hydrogens is 502 g/mol. The summed E-state index contributed by atoms with van der Waals surface area (Å²) in [5.74, 6) is -0.0242. The number of aromatic nitrogens is 3. The van der Waals surface area contributed by atoms with Gasteiger partial charge in [0.25, 0.3) is 10.9 Å². The predicted molar refractivity (Wildman–Crippen MR) is 124 cm³/mol. The van der Waals surface area contributed by atoms with Crippen LogP contribution in [0, 0.1) is 4.91 Å². The first-order valence-electron chi connectivity index (χ1n) is 9.75. The number of ether oxygens (including phenoxy) is 2. The Morgan fingerprint density at radius 1 is 1.14 bits per heavy atom. The van der Waals surface area contributed by atoms with E-state index >= 15 is 0 Å². The van der Waals surface area contributed by atoms with Crippen LogP contribution in [0.4, 0.5) is 22.1 Å². The monoisotopic (exact) mass is 518 g/mol. The highest BCUT2D eigenvalue weighted by Crippen LogP contribution is 2.35. The molecule has 4 rings (SSSR count). The lowest BCUT2D eigenvalue weighted by atomic mass is 10.2. The summed E-state index contributed by atoms with van der Waals surface area (Å²) in [6.45, 7) is 0. The van der Waals surface area contributed by atoms with Crippen LogP contribution in [-0.2, 0) is 9.84 Å². The minimum Gasteiger partial charge on any atom is -0.495 e. The normalized spacial score (nSPS) is 11.3. The van der Waals surface area contributed by atoms with Gasteiger partial charge in [-0.25, -0.2) is 27.8 Å². The number of anilines is 2. The molecule has 2 aromatic heterocycles. The van der Waals surface area contributed by atoms with Crippen molar-refractivity contribution in [3.05, 3.63) is 70.7 Å². The van der Waals surface area contributed by atoms with Crippen LogP contribution in [0.15, 0.2) is 65.7 Å². The molecule has 0 radical (unpaired) electrons. The third kappa shape index (κ3) is 5.00. The van der Waals surface area contributed by atoms with E-state index in [1.807, 2.05) is 0 Å². The van der Waals surface area contributed by atoms with Crippen molar-refractivity contribution >= 4 is 50.5 Å². The van der Waals surface area contributed by atoms with Gasteiger partial charge in [-0.2, -0.15) is 4.98 Å². The maximum atomic E-state index is 13.3. The van der Waals surface area contributed by atoms with Gasteiger partial charge in [0.15, 0.2) is 15.5 Å². The molecule has 14 heteroatoms. The third-order valence-electron chi connectivity index (χ3n) is 4.75. The van der Waals surface area contributed by atoms with Crippen molar-refractivity contribution in [3.63, 3.8) is 0 Å². The Morgan fingerprint density at radius 3 is 2.49 bits per heavy atom. The molecule has 12 nitrogen and oxygen atoms in total. The van der Waals surface area contributed by atoms with Gasteiger partial charge in [-0.1, -0.05) is 11.6 Å². The summed E-state index contributed by atoms with van der Waals surface area (Å²) in [6.07, 6.45) is 1.57. The highest BCUT2D eigenvalue weighted by molar-refractivity contribution is 7.90. The fourth-order valence-electron chi connectivity index (χ4n) is 3.09. The molecule has 0 fully saturated rings. The first-order valence-corrected chi connectivity index (χ1v) is 12.0. The maximum Gasteiger partial charge on any atom is 0.427 e. The zero-order chi connectivity index (χ0) is 25.3. The van der Waals surface area contributed by atoms with E-state index in [1.165, 1.54) is 60.3 Å². The van der Waals surface area contributed by atoms with Crippen molar-refractivity contribution in [2.75, 3.05) is 18.3 Å². The Kier molecular flexibility index (Phi) is 6.28. The summed E-state index contributed by atoms with van der Waals surface area (Å²) >= 11 is 6.02. The Labute approximate surface area is 203 Å². The number of halogens is 1. The van der Waals surface area contributed by atoms with Crippen LogP contribution in [0.2, 0.25) is 5.02 Å². The molecule has 0 spiro atoms. The fraction of sp³-hybridized carbons (Fsp3) is 0.0952. The van der Waals surface area contributed by atoms with E-state index in [9.17, 15) is 18.1 Å². The molecule has 0 saturated carbocycles. The zero-order valence-electron chi connectivity index (χ0n) is 18.2. The lowest BCUT2D eigenvalue weighted by Crippen LogP contribution is -2.30. The number of carbonyl (C=O) groups is 1. The molecule has 0 unspecified atom stereocenters. The molecule has 1 N–H and O–H groups in total. The minimum atomic E-state index is -3.56. The molecule has 0 aliphatic heterocycles. The second kappa shape index (κ2) is 9.19. The molecule has 0 aliphatic rings. The summed E-state index contributed by atoms with van der Waals surface area (Å²) in [4.78, 5) is 29.3. The van der Waals surface area contributed by atoms with Crippen LogP contribution in [-0.4, -0.2) is 52.6 Å². The quantitative estimate of drug-likeness (QED) is 0.375. The van der Waals surface area contributed by atoms with Gasteiger partial charge in [-0.05, 0) is 36.4 Å². The molecule has 4 aromatic rings. The van der Waals surface area contributed by atoms with E-state index in [1.54, 1.807) is 12.1 Å². The maximum absolute atomic E-state index is 13.3. The number of fused-ring (bicyclic) bond motifs is 1. The number of hydrogen-bond donors (Lipinski definition) is 1. The van der Waals surface area contributed by atoms with Crippen molar-refractivity contribution in [2.45, 2.75) is 4.90 Å². The summed E-state index contributed by atoms with van der Waals surface area (Å²) in [6, 6.07) is 12.2. The Hall–Kier alpha value is -4.23. The van der Waals surface area contributed by atoms with Crippen molar-refractivity contribution in [3.8, 4) is 11.5 Å². The summed E-state index contributed by atoms with van der Waals surface area (Å²) in [7, 11) is -2.25. The molecule has 1 amide bonds. The molecule has 2 aromatic carbocycles. The number of sulfone groups is 1. The van der Waals surface area contributed by atoms with Crippen molar-refractivity contribution in [1.82, 2.24) is 14.6 Å². The molecule has 0 saturated heterocycles. The Bertz CT molecular complexity index is 1550. The molecule has 0 aliphatic carbocycles. The number of rotatable bonds is 6. The van der Waals surface area contributed by atoms with Gasteiger partial charge < -0.3 is 9.47 Å².